The molecule has 5 aromatic rings. The molecule has 166 valence electrons. The normalized spacial score (nSPS) is 19.0. The third-order valence-corrected chi connectivity index (χ3v) is 13.0. The predicted octanol–water partition coefficient (Wildman–Crippen LogP) is 6.53. The molecule has 1 atom stereocenters. The SMILES string of the molecule is Clc1ccc([C@H]2OP(c3ccccc3)(c3ccccc3)(c3ccccc3)c3ccccc32)cc1. The zero-order chi connectivity index (χ0) is 23.0. The maximum absolute atomic E-state index is 7.68. The Morgan fingerprint density at radius 2 is 0.941 bits per heavy atom. The summed E-state index contributed by atoms with van der Waals surface area (Å²) >= 11 is 6.26. The Bertz CT molecular complexity index is 1330. The van der Waals surface area contributed by atoms with E-state index in [9.17, 15) is 0 Å². The standard InChI is InChI=1S/C31H24ClOP/c32-25-22-20-24(21-23-25)31-29-18-10-11-19-30(29)34(33-31,26-12-4-1-5-13-26,27-14-6-2-7-15-27)28-16-8-3-9-17-28/h1-23,31H/t31-/m1/s1. The van der Waals surface area contributed by atoms with Crippen molar-refractivity contribution in [2.24, 2.45) is 0 Å². The Morgan fingerprint density at radius 1 is 0.500 bits per heavy atom. The second-order valence-electron chi connectivity index (χ2n) is 8.64. The van der Waals surface area contributed by atoms with E-state index < -0.39 is 6.83 Å². The van der Waals surface area contributed by atoms with Gasteiger partial charge in [0.05, 0.1) is 0 Å². The van der Waals surface area contributed by atoms with Gasteiger partial charge in [0.2, 0.25) is 0 Å². The monoisotopic (exact) mass is 478 g/mol. The summed E-state index contributed by atoms with van der Waals surface area (Å²) in [6.07, 6.45) is -0.216. The van der Waals surface area contributed by atoms with Gasteiger partial charge in [-0.15, -0.1) is 0 Å². The van der Waals surface area contributed by atoms with Gasteiger partial charge < -0.3 is 0 Å². The van der Waals surface area contributed by atoms with Crippen molar-refractivity contribution in [1.82, 2.24) is 0 Å². The van der Waals surface area contributed by atoms with Gasteiger partial charge in [0.1, 0.15) is 0 Å². The van der Waals surface area contributed by atoms with Crippen molar-refractivity contribution in [3.05, 3.63) is 156 Å². The van der Waals surface area contributed by atoms with Crippen molar-refractivity contribution in [1.29, 1.82) is 0 Å². The number of rotatable bonds is 4. The van der Waals surface area contributed by atoms with E-state index in [0.717, 1.165) is 10.6 Å². The number of hydrogen-bond donors (Lipinski definition) is 0. The average Bonchev–Trinajstić information content (AvgIpc) is 3.25. The van der Waals surface area contributed by atoms with Crippen LogP contribution in [0.2, 0.25) is 5.02 Å². The average molecular weight is 479 g/mol. The third-order valence-electron chi connectivity index (χ3n) is 6.91. The fourth-order valence-electron chi connectivity index (χ4n) is 5.48. The van der Waals surface area contributed by atoms with Gasteiger partial charge in [0.15, 0.2) is 0 Å². The van der Waals surface area contributed by atoms with Crippen molar-refractivity contribution < 1.29 is 4.52 Å². The molecule has 0 N–H and O–H groups in total. The van der Waals surface area contributed by atoms with Crippen LogP contribution >= 0.6 is 18.4 Å². The van der Waals surface area contributed by atoms with Crippen LogP contribution in [0.1, 0.15) is 17.2 Å². The predicted molar refractivity (Wildman–Crippen MR) is 146 cm³/mol. The number of fused-ring (bicyclic) bond motifs is 1. The molecule has 0 aliphatic carbocycles. The maximum atomic E-state index is 7.68. The topological polar surface area (TPSA) is 9.23 Å². The molecule has 0 unspecified atom stereocenters. The summed E-state index contributed by atoms with van der Waals surface area (Å²) in [7, 11) is 0. The van der Waals surface area contributed by atoms with Crippen molar-refractivity contribution in [2.75, 3.05) is 0 Å². The second kappa shape index (κ2) is 8.22. The zero-order valence-corrected chi connectivity index (χ0v) is 20.2. The van der Waals surface area contributed by atoms with Crippen LogP contribution in [-0.2, 0) is 4.52 Å². The van der Waals surface area contributed by atoms with E-state index in [0.29, 0.717) is 0 Å². The third kappa shape index (κ3) is 2.88. The Balaban J connectivity index is 1.80. The molecule has 0 aromatic heterocycles. The van der Waals surface area contributed by atoms with Crippen LogP contribution in [0.3, 0.4) is 0 Å². The molecule has 0 saturated heterocycles. The van der Waals surface area contributed by atoms with Crippen molar-refractivity contribution >= 4 is 39.6 Å². The zero-order valence-electron chi connectivity index (χ0n) is 18.6. The van der Waals surface area contributed by atoms with E-state index in [4.69, 9.17) is 16.1 Å². The van der Waals surface area contributed by atoms with Crippen molar-refractivity contribution in [2.45, 2.75) is 6.10 Å². The first-order valence-electron chi connectivity index (χ1n) is 11.5. The first-order chi connectivity index (χ1) is 16.7. The molecule has 5 aromatic carbocycles. The molecule has 0 radical (unpaired) electrons. The molecular formula is C31H24ClOP. The molecule has 1 nitrogen and oxygen atoms in total. The Morgan fingerprint density at radius 3 is 1.44 bits per heavy atom. The van der Waals surface area contributed by atoms with Gasteiger partial charge in [-0.2, -0.15) is 0 Å². The van der Waals surface area contributed by atoms with E-state index >= 15 is 0 Å². The Labute approximate surface area is 205 Å². The number of benzene rings is 5. The van der Waals surface area contributed by atoms with E-state index in [2.05, 4.69) is 127 Å². The summed E-state index contributed by atoms with van der Waals surface area (Å²) in [5.74, 6) is 0. The molecule has 0 saturated carbocycles. The van der Waals surface area contributed by atoms with Crippen LogP contribution in [0, 0.1) is 0 Å². The molecule has 34 heavy (non-hydrogen) atoms. The molecule has 6 rings (SSSR count). The van der Waals surface area contributed by atoms with Crippen molar-refractivity contribution in [3.8, 4) is 0 Å². The number of halogens is 1. The molecular weight excluding hydrogens is 455 g/mol. The van der Waals surface area contributed by atoms with Crippen LogP contribution < -0.4 is 21.2 Å². The second-order valence-corrected chi connectivity index (χ2v) is 13.4. The van der Waals surface area contributed by atoms with Gasteiger partial charge in [0.25, 0.3) is 0 Å². The number of hydrogen-bond acceptors (Lipinski definition) is 1. The molecule has 1 aliphatic heterocycles. The van der Waals surface area contributed by atoms with E-state index in [1.54, 1.807) is 0 Å². The fraction of sp³-hybridized carbons (Fsp3) is 0.0323. The van der Waals surface area contributed by atoms with E-state index in [1.807, 2.05) is 12.1 Å². The quantitative estimate of drug-likeness (QED) is 0.267. The Hall–Kier alpha value is -3.22. The minimum absolute atomic E-state index is 0.216. The molecule has 0 bridgehead atoms. The van der Waals surface area contributed by atoms with E-state index in [-0.39, 0.29) is 6.10 Å². The van der Waals surface area contributed by atoms with Crippen LogP contribution in [0.15, 0.2) is 140 Å². The van der Waals surface area contributed by atoms with Gasteiger partial charge in [0, 0.05) is 0 Å². The summed E-state index contributed by atoms with van der Waals surface area (Å²) in [4.78, 5) is 0. The van der Waals surface area contributed by atoms with Gasteiger partial charge >= 0.3 is 206 Å². The van der Waals surface area contributed by atoms with Crippen LogP contribution in [0.5, 0.6) is 0 Å². The van der Waals surface area contributed by atoms with Crippen LogP contribution in [-0.4, -0.2) is 0 Å². The first kappa shape index (κ1) is 21.3. The summed E-state index contributed by atoms with van der Waals surface area (Å²) in [5, 5.41) is 5.60. The summed E-state index contributed by atoms with van der Waals surface area (Å²) in [6.45, 7) is -3.55. The molecule has 1 aliphatic rings. The van der Waals surface area contributed by atoms with Crippen LogP contribution in [0.4, 0.5) is 0 Å². The summed E-state index contributed by atoms with van der Waals surface area (Å²) in [6, 6.07) is 49.2. The van der Waals surface area contributed by atoms with E-state index in [1.165, 1.54) is 26.8 Å². The van der Waals surface area contributed by atoms with Gasteiger partial charge in [-0.25, -0.2) is 0 Å². The van der Waals surface area contributed by atoms with Gasteiger partial charge in [-0.1, -0.05) is 0 Å². The van der Waals surface area contributed by atoms with Gasteiger partial charge in [-0.05, 0) is 0 Å². The Kier molecular flexibility index (Phi) is 5.15. The molecule has 0 fully saturated rings. The molecule has 1 heterocycles. The van der Waals surface area contributed by atoms with Crippen LogP contribution in [0.25, 0.3) is 0 Å². The first-order valence-corrected chi connectivity index (χ1v) is 14.0. The molecule has 0 amide bonds. The van der Waals surface area contributed by atoms with Crippen molar-refractivity contribution in [3.63, 3.8) is 0 Å². The van der Waals surface area contributed by atoms with Gasteiger partial charge in [-0.3, -0.25) is 0 Å². The summed E-state index contributed by atoms with van der Waals surface area (Å²) in [5.41, 5.74) is 2.31. The molecule has 0 spiro atoms. The minimum atomic E-state index is -3.55. The molecule has 3 heteroatoms. The summed E-state index contributed by atoms with van der Waals surface area (Å²) < 4.78 is 7.68. The fourth-order valence-corrected chi connectivity index (χ4v) is 11.8.